The monoisotopic (exact) mass is 552 g/mol. The van der Waals surface area contributed by atoms with Crippen LogP contribution in [0.2, 0.25) is 10.0 Å². The molecule has 3 aliphatic carbocycles. The zero-order valence-electron chi connectivity index (χ0n) is 20.6. The summed E-state index contributed by atoms with van der Waals surface area (Å²) in [5.74, 6) is -3.06. The molecule has 1 heterocycles. The van der Waals surface area contributed by atoms with Gasteiger partial charge in [0.25, 0.3) is 17.7 Å². The lowest BCUT2D eigenvalue weighted by atomic mass is 9.55. The van der Waals surface area contributed by atoms with E-state index in [0.717, 1.165) is 27.3 Å². The number of hydrogen-bond acceptors (Lipinski definition) is 3. The summed E-state index contributed by atoms with van der Waals surface area (Å²) in [6.45, 7) is -0.0596. The third kappa shape index (κ3) is 3.50. The predicted octanol–water partition coefficient (Wildman–Crippen LogP) is 6.44. The second-order valence-electron chi connectivity index (χ2n) is 10.2. The molecule has 0 saturated carbocycles. The molecule has 0 unspecified atom stereocenters. The predicted molar refractivity (Wildman–Crippen MR) is 148 cm³/mol. The Bertz CT molecular complexity index is 1570. The number of benzene rings is 4. The smallest absolute Gasteiger partial charge is 0.272 e. The van der Waals surface area contributed by atoms with Crippen LogP contribution in [0, 0.1) is 11.8 Å². The first-order valence-electron chi connectivity index (χ1n) is 12.8. The van der Waals surface area contributed by atoms with Gasteiger partial charge in [-0.2, -0.15) is 5.01 Å². The van der Waals surface area contributed by atoms with Crippen molar-refractivity contribution >= 4 is 40.9 Å². The van der Waals surface area contributed by atoms with Gasteiger partial charge >= 0.3 is 0 Å². The summed E-state index contributed by atoms with van der Waals surface area (Å²) >= 11 is 12.9. The van der Waals surface area contributed by atoms with Crippen molar-refractivity contribution in [2.75, 3.05) is 0 Å². The highest BCUT2D eigenvalue weighted by atomic mass is 35.5. The molecule has 8 rings (SSSR count). The highest BCUT2D eigenvalue weighted by Crippen LogP contribution is 2.61. The van der Waals surface area contributed by atoms with Gasteiger partial charge in [0.1, 0.15) is 0 Å². The molecule has 0 aromatic heterocycles. The molecule has 1 aliphatic heterocycles. The molecule has 0 radical (unpaired) electrons. The van der Waals surface area contributed by atoms with Gasteiger partial charge in [-0.15, -0.1) is 0 Å². The van der Waals surface area contributed by atoms with Crippen LogP contribution in [-0.4, -0.2) is 27.7 Å². The van der Waals surface area contributed by atoms with Crippen molar-refractivity contribution < 1.29 is 14.4 Å². The lowest BCUT2D eigenvalue weighted by Gasteiger charge is -2.45. The van der Waals surface area contributed by atoms with Crippen LogP contribution in [0.1, 0.15) is 50.0 Å². The molecule has 2 bridgehead atoms. The van der Waals surface area contributed by atoms with E-state index in [0.29, 0.717) is 10.6 Å². The van der Waals surface area contributed by atoms with Crippen LogP contribution in [0.3, 0.4) is 0 Å². The van der Waals surface area contributed by atoms with Gasteiger partial charge in [0.2, 0.25) is 0 Å². The largest absolute Gasteiger partial charge is 0.274 e. The zero-order valence-corrected chi connectivity index (χ0v) is 22.1. The molecule has 0 N–H and O–H groups in total. The summed E-state index contributed by atoms with van der Waals surface area (Å²) in [7, 11) is 0. The number of imide groups is 1. The number of halogens is 2. The Morgan fingerprint density at radius 2 is 1.08 bits per heavy atom. The lowest BCUT2D eigenvalue weighted by Crippen LogP contribution is -2.50. The van der Waals surface area contributed by atoms with Crippen molar-refractivity contribution in [3.05, 3.63) is 140 Å². The fourth-order valence-electron chi connectivity index (χ4n) is 6.69. The van der Waals surface area contributed by atoms with Gasteiger partial charge < -0.3 is 0 Å². The van der Waals surface area contributed by atoms with E-state index in [2.05, 4.69) is 24.3 Å². The highest BCUT2D eigenvalue weighted by molar-refractivity contribution is 6.34. The van der Waals surface area contributed by atoms with E-state index in [1.54, 1.807) is 48.5 Å². The van der Waals surface area contributed by atoms with Crippen LogP contribution in [0.25, 0.3) is 0 Å². The van der Waals surface area contributed by atoms with Crippen molar-refractivity contribution in [2.45, 2.75) is 18.4 Å². The molecule has 192 valence electrons. The van der Waals surface area contributed by atoms with Gasteiger partial charge in [-0.25, -0.2) is 5.01 Å². The first-order chi connectivity index (χ1) is 19.0. The summed E-state index contributed by atoms with van der Waals surface area (Å²) in [5, 5.41) is 2.97. The van der Waals surface area contributed by atoms with Crippen LogP contribution < -0.4 is 0 Å². The molecule has 5 nitrogen and oxygen atoms in total. The van der Waals surface area contributed by atoms with E-state index < -0.39 is 17.7 Å². The molecule has 4 aromatic rings. The average molecular weight is 553 g/mol. The summed E-state index contributed by atoms with van der Waals surface area (Å²) in [4.78, 5) is 42.7. The number of carbonyl (C=O) groups is 3. The number of nitrogens with zero attached hydrogens (tertiary/aromatic N) is 2. The van der Waals surface area contributed by atoms with E-state index in [4.69, 9.17) is 23.2 Å². The molecule has 4 aromatic carbocycles. The van der Waals surface area contributed by atoms with Gasteiger partial charge in [-0.3, -0.25) is 14.4 Å². The quantitative estimate of drug-likeness (QED) is 0.273. The highest BCUT2D eigenvalue weighted by Gasteiger charge is 2.63. The second kappa shape index (κ2) is 9.08. The fraction of sp³-hybridized carbons (Fsp3) is 0.156. The minimum absolute atomic E-state index is 0.0596. The van der Waals surface area contributed by atoms with Gasteiger partial charge in [0.15, 0.2) is 0 Å². The Kier molecular flexibility index (Phi) is 5.62. The van der Waals surface area contributed by atoms with Gasteiger partial charge in [-0.05, 0) is 46.0 Å². The van der Waals surface area contributed by atoms with Gasteiger partial charge in [0.05, 0.1) is 29.0 Å². The topological polar surface area (TPSA) is 57.7 Å². The third-order valence-electron chi connectivity index (χ3n) is 8.28. The van der Waals surface area contributed by atoms with Gasteiger partial charge in [0, 0.05) is 16.9 Å². The first-order valence-corrected chi connectivity index (χ1v) is 13.6. The van der Waals surface area contributed by atoms with Crippen molar-refractivity contribution in [3.63, 3.8) is 0 Å². The molecule has 39 heavy (non-hydrogen) atoms. The standard InChI is InChI=1S/C32H22Cl2N2O3/c33-24-15-7-1-9-18(24)17-35(30(37)23-14-6-8-16-25(23)34)36-31(38)28-26-19-10-2-3-11-20(19)27(29(28)32(36)39)22-13-5-4-12-21(22)26/h1-16,26-29H,17H2/t26?,27?,28-,29-/m0/s1. The Hall–Kier alpha value is -3.93. The molecule has 1 saturated heterocycles. The molecule has 3 amide bonds. The minimum Gasteiger partial charge on any atom is -0.272 e. The molecule has 4 aliphatic rings. The number of carbonyl (C=O) groups excluding carboxylic acids is 3. The van der Waals surface area contributed by atoms with Crippen LogP contribution in [0.15, 0.2) is 97.1 Å². The number of hydrazine groups is 1. The summed E-state index contributed by atoms with van der Waals surface area (Å²) < 4.78 is 0. The van der Waals surface area contributed by atoms with E-state index >= 15 is 0 Å². The van der Waals surface area contributed by atoms with Crippen LogP contribution in [-0.2, 0) is 16.1 Å². The van der Waals surface area contributed by atoms with Crippen LogP contribution >= 0.6 is 23.2 Å². The van der Waals surface area contributed by atoms with Crippen LogP contribution in [0.5, 0.6) is 0 Å². The maximum absolute atomic E-state index is 14.3. The third-order valence-corrected chi connectivity index (χ3v) is 8.98. The van der Waals surface area contributed by atoms with E-state index in [9.17, 15) is 14.4 Å². The lowest BCUT2D eigenvalue weighted by molar-refractivity contribution is -0.155. The fourth-order valence-corrected chi connectivity index (χ4v) is 7.11. The number of amides is 3. The van der Waals surface area contributed by atoms with Crippen molar-refractivity contribution in [3.8, 4) is 0 Å². The van der Waals surface area contributed by atoms with Crippen molar-refractivity contribution in [1.29, 1.82) is 0 Å². The normalized spacial score (nSPS) is 22.4. The molecular weight excluding hydrogens is 531 g/mol. The van der Waals surface area contributed by atoms with Crippen LogP contribution in [0.4, 0.5) is 0 Å². The second-order valence-corrected chi connectivity index (χ2v) is 11.0. The Morgan fingerprint density at radius 3 is 1.56 bits per heavy atom. The Balaban J connectivity index is 1.37. The Labute approximate surface area is 235 Å². The molecule has 1 fully saturated rings. The maximum atomic E-state index is 14.3. The summed E-state index contributed by atoms with van der Waals surface area (Å²) in [5.41, 5.74) is 5.10. The Morgan fingerprint density at radius 1 is 0.641 bits per heavy atom. The first kappa shape index (κ1) is 24.1. The average Bonchev–Trinajstić information content (AvgIpc) is 3.22. The number of rotatable bonds is 4. The molecule has 0 spiro atoms. The summed E-state index contributed by atoms with van der Waals surface area (Å²) in [6.07, 6.45) is 0. The minimum atomic E-state index is -0.611. The van der Waals surface area contributed by atoms with E-state index in [-0.39, 0.29) is 40.8 Å². The zero-order chi connectivity index (χ0) is 26.8. The van der Waals surface area contributed by atoms with Crippen molar-refractivity contribution in [2.24, 2.45) is 11.8 Å². The molecule has 7 heteroatoms. The van der Waals surface area contributed by atoms with E-state index in [1.165, 1.54) is 5.01 Å². The van der Waals surface area contributed by atoms with Crippen molar-refractivity contribution in [1.82, 2.24) is 10.0 Å². The van der Waals surface area contributed by atoms with Gasteiger partial charge in [-0.1, -0.05) is 102 Å². The molecule has 2 atom stereocenters. The maximum Gasteiger partial charge on any atom is 0.274 e. The van der Waals surface area contributed by atoms with E-state index in [1.807, 2.05) is 24.3 Å². The number of hydrogen-bond donors (Lipinski definition) is 0. The SMILES string of the molecule is O=C(c1ccccc1Cl)N(Cc1ccccc1Cl)N1C(=O)[C@H]2C3c4ccccc4C(c4ccccc43)[C@@H]2C1=O. The summed E-state index contributed by atoms with van der Waals surface area (Å²) in [6, 6.07) is 29.8. The molecular formula is C32H22Cl2N2O3.